The summed E-state index contributed by atoms with van der Waals surface area (Å²) in [4.78, 5) is 10.5. The van der Waals surface area contributed by atoms with Crippen molar-refractivity contribution in [2.24, 2.45) is 17.8 Å². The Kier molecular flexibility index (Phi) is 11.9. The fourth-order valence-corrected chi connectivity index (χ4v) is 4.20. The summed E-state index contributed by atoms with van der Waals surface area (Å²) in [5, 5.41) is 39.5. The SMILES string of the molecule is CCCCC(C)CC(O)C=CC1C(O)CC(O)C1CCCCCCC(=O)O. The van der Waals surface area contributed by atoms with Crippen LogP contribution in [0.3, 0.4) is 0 Å². The zero-order valence-electron chi connectivity index (χ0n) is 17.1. The van der Waals surface area contributed by atoms with E-state index in [1.165, 1.54) is 12.8 Å². The van der Waals surface area contributed by atoms with Crippen LogP contribution in [0, 0.1) is 17.8 Å². The van der Waals surface area contributed by atoms with Crippen LogP contribution in [-0.4, -0.2) is 44.7 Å². The summed E-state index contributed by atoms with van der Waals surface area (Å²) in [7, 11) is 0. The molecule has 0 aliphatic heterocycles. The number of aliphatic carboxylic acids is 1. The molecule has 1 aliphatic rings. The molecule has 0 saturated heterocycles. The topological polar surface area (TPSA) is 98.0 Å². The molecule has 5 nitrogen and oxygen atoms in total. The van der Waals surface area contributed by atoms with Crippen LogP contribution < -0.4 is 0 Å². The number of carbonyl (C=O) groups is 1. The Bertz CT molecular complexity index is 436. The van der Waals surface area contributed by atoms with Crippen molar-refractivity contribution in [3.63, 3.8) is 0 Å². The minimum Gasteiger partial charge on any atom is -0.481 e. The summed E-state index contributed by atoms with van der Waals surface area (Å²) in [6.07, 6.45) is 11.2. The van der Waals surface area contributed by atoms with Crippen LogP contribution in [0.25, 0.3) is 0 Å². The van der Waals surface area contributed by atoms with Gasteiger partial charge in [-0.3, -0.25) is 4.79 Å². The molecule has 0 aromatic carbocycles. The molecule has 0 amide bonds. The highest BCUT2D eigenvalue weighted by Gasteiger charge is 2.39. The molecule has 27 heavy (non-hydrogen) atoms. The van der Waals surface area contributed by atoms with E-state index in [1.54, 1.807) is 6.08 Å². The Morgan fingerprint density at radius 3 is 2.48 bits per heavy atom. The first-order valence-electron chi connectivity index (χ1n) is 10.8. The molecule has 0 aromatic heterocycles. The highest BCUT2D eigenvalue weighted by molar-refractivity contribution is 5.66. The first-order chi connectivity index (χ1) is 12.8. The molecule has 0 radical (unpaired) electrons. The van der Waals surface area contributed by atoms with E-state index < -0.39 is 24.3 Å². The van der Waals surface area contributed by atoms with Crippen LogP contribution in [0.5, 0.6) is 0 Å². The maximum absolute atomic E-state index is 10.5. The van der Waals surface area contributed by atoms with E-state index in [1.807, 2.05) is 6.08 Å². The molecular formula is C22H40O5. The minimum atomic E-state index is -0.753. The molecule has 1 rings (SSSR count). The number of carboxylic acids is 1. The van der Waals surface area contributed by atoms with Crippen molar-refractivity contribution in [3.8, 4) is 0 Å². The summed E-state index contributed by atoms with van der Waals surface area (Å²) < 4.78 is 0. The molecule has 1 saturated carbocycles. The van der Waals surface area contributed by atoms with Crippen LogP contribution in [0.2, 0.25) is 0 Å². The van der Waals surface area contributed by atoms with E-state index in [0.29, 0.717) is 18.8 Å². The largest absolute Gasteiger partial charge is 0.481 e. The van der Waals surface area contributed by atoms with Gasteiger partial charge < -0.3 is 20.4 Å². The first-order valence-corrected chi connectivity index (χ1v) is 10.8. The van der Waals surface area contributed by atoms with Gasteiger partial charge in [0, 0.05) is 18.8 Å². The summed E-state index contributed by atoms with van der Waals surface area (Å²) in [6, 6.07) is 0. The maximum atomic E-state index is 10.5. The molecule has 0 bridgehead atoms. The second-order valence-corrected chi connectivity index (χ2v) is 8.39. The van der Waals surface area contributed by atoms with E-state index in [2.05, 4.69) is 13.8 Å². The highest BCUT2D eigenvalue weighted by Crippen LogP contribution is 2.37. The van der Waals surface area contributed by atoms with Gasteiger partial charge >= 0.3 is 5.97 Å². The van der Waals surface area contributed by atoms with Crippen molar-refractivity contribution >= 4 is 5.97 Å². The van der Waals surface area contributed by atoms with E-state index >= 15 is 0 Å². The Labute approximate surface area is 164 Å². The summed E-state index contributed by atoms with van der Waals surface area (Å²) in [6.45, 7) is 4.33. The molecule has 5 heteroatoms. The molecule has 1 fully saturated rings. The van der Waals surface area contributed by atoms with E-state index in [0.717, 1.165) is 38.5 Å². The molecule has 158 valence electrons. The van der Waals surface area contributed by atoms with Gasteiger partial charge in [0.1, 0.15) is 0 Å². The average Bonchev–Trinajstić information content (AvgIpc) is 2.87. The van der Waals surface area contributed by atoms with Crippen molar-refractivity contribution in [1.29, 1.82) is 0 Å². The van der Waals surface area contributed by atoms with Crippen LogP contribution >= 0.6 is 0 Å². The molecule has 6 atom stereocenters. The lowest BCUT2D eigenvalue weighted by molar-refractivity contribution is -0.137. The monoisotopic (exact) mass is 384 g/mol. The van der Waals surface area contributed by atoms with Crippen LogP contribution in [-0.2, 0) is 4.79 Å². The molecule has 0 aromatic rings. The molecular weight excluding hydrogens is 344 g/mol. The summed E-state index contributed by atoms with van der Waals surface area (Å²) in [5.41, 5.74) is 0. The number of rotatable bonds is 14. The van der Waals surface area contributed by atoms with Crippen molar-refractivity contribution in [2.75, 3.05) is 0 Å². The molecule has 0 heterocycles. The fourth-order valence-electron chi connectivity index (χ4n) is 4.20. The number of hydrogen-bond acceptors (Lipinski definition) is 4. The Morgan fingerprint density at radius 1 is 1.11 bits per heavy atom. The minimum absolute atomic E-state index is 0.0143. The molecule has 4 N–H and O–H groups in total. The second-order valence-electron chi connectivity index (χ2n) is 8.39. The third-order valence-electron chi connectivity index (χ3n) is 5.84. The zero-order valence-corrected chi connectivity index (χ0v) is 17.1. The van der Waals surface area contributed by atoms with Crippen LogP contribution in [0.4, 0.5) is 0 Å². The molecule has 0 spiro atoms. The lowest BCUT2D eigenvalue weighted by Gasteiger charge is -2.21. The predicted molar refractivity (Wildman–Crippen MR) is 107 cm³/mol. The van der Waals surface area contributed by atoms with E-state index in [4.69, 9.17) is 5.11 Å². The van der Waals surface area contributed by atoms with Crippen molar-refractivity contribution in [1.82, 2.24) is 0 Å². The van der Waals surface area contributed by atoms with Gasteiger partial charge in [0.25, 0.3) is 0 Å². The Morgan fingerprint density at radius 2 is 1.81 bits per heavy atom. The Balaban J connectivity index is 2.42. The van der Waals surface area contributed by atoms with Crippen molar-refractivity contribution in [3.05, 3.63) is 12.2 Å². The normalized spacial score (nSPS) is 27.9. The zero-order chi connectivity index (χ0) is 20.2. The first kappa shape index (κ1) is 24.1. The summed E-state index contributed by atoms with van der Waals surface area (Å²) >= 11 is 0. The summed E-state index contributed by atoms with van der Waals surface area (Å²) in [5.74, 6) is -0.373. The number of aliphatic hydroxyl groups excluding tert-OH is 3. The number of unbranched alkanes of at least 4 members (excludes halogenated alkanes) is 4. The van der Waals surface area contributed by atoms with Gasteiger partial charge in [0.15, 0.2) is 0 Å². The second kappa shape index (κ2) is 13.3. The molecule has 6 unspecified atom stereocenters. The standard InChI is InChI=1S/C22H40O5/c1-3-4-9-16(2)14-17(23)12-13-19-18(20(24)15-21(19)25)10-7-5-6-8-11-22(26)27/h12-13,16-21,23-25H,3-11,14-15H2,1-2H3,(H,26,27). The number of aliphatic hydroxyl groups is 3. The Hall–Kier alpha value is -0.910. The lowest BCUT2D eigenvalue weighted by Crippen LogP contribution is -2.21. The molecule has 1 aliphatic carbocycles. The van der Waals surface area contributed by atoms with Crippen LogP contribution in [0.15, 0.2) is 12.2 Å². The van der Waals surface area contributed by atoms with Gasteiger partial charge in [-0.15, -0.1) is 0 Å². The number of carboxylic acid groups (broad SMARTS) is 1. The van der Waals surface area contributed by atoms with Gasteiger partial charge in [-0.05, 0) is 31.1 Å². The highest BCUT2D eigenvalue weighted by atomic mass is 16.4. The smallest absolute Gasteiger partial charge is 0.303 e. The quantitative estimate of drug-likeness (QED) is 0.269. The number of hydrogen-bond donors (Lipinski definition) is 4. The van der Waals surface area contributed by atoms with Crippen LogP contribution in [0.1, 0.15) is 84.5 Å². The van der Waals surface area contributed by atoms with E-state index in [9.17, 15) is 20.1 Å². The third-order valence-corrected chi connectivity index (χ3v) is 5.84. The van der Waals surface area contributed by atoms with Gasteiger partial charge in [0.2, 0.25) is 0 Å². The average molecular weight is 385 g/mol. The maximum Gasteiger partial charge on any atom is 0.303 e. The van der Waals surface area contributed by atoms with Gasteiger partial charge in [-0.1, -0.05) is 64.5 Å². The van der Waals surface area contributed by atoms with Crippen molar-refractivity contribution < 1.29 is 25.2 Å². The predicted octanol–water partition coefficient (Wildman–Crippen LogP) is 3.90. The lowest BCUT2D eigenvalue weighted by atomic mass is 9.87. The van der Waals surface area contributed by atoms with Crippen molar-refractivity contribution in [2.45, 2.75) is 103 Å². The van der Waals surface area contributed by atoms with Gasteiger partial charge in [-0.25, -0.2) is 0 Å². The third kappa shape index (κ3) is 9.72. The van der Waals surface area contributed by atoms with E-state index in [-0.39, 0.29) is 18.3 Å². The fraction of sp³-hybridized carbons (Fsp3) is 0.864. The van der Waals surface area contributed by atoms with Gasteiger partial charge in [-0.2, -0.15) is 0 Å². The van der Waals surface area contributed by atoms with Gasteiger partial charge in [0.05, 0.1) is 18.3 Å².